The minimum absolute atomic E-state index is 0.188. The Morgan fingerprint density at radius 2 is 2.03 bits per heavy atom. The highest BCUT2D eigenvalue weighted by Crippen LogP contribution is 2.21. The smallest absolute Gasteiger partial charge is 0.362 e. The normalized spacial score (nSPS) is 12.0. The van der Waals surface area contributed by atoms with E-state index in [1.165, 1.54) is 0 Å². The Kier molecular flexibility index (Phi) is 5.93. The maximum Gasteiger partial charge on any atom is 0.362 e. The zero-order valence-electron chi connectivity index (χ0n) is 20.9. The van der Waals surface area contributed by atoms with Gasteiger partial charge in [0.2, 0.25) is 0 Å². The molecule has 0 saturated carbocycles. The number of aromatic nitrogens is 7. The average Bonchev–Trinajstić information content (AvgIpc) is 3.43. The molecule has 0 saturated heterocycles. The highest BCUT2D eigenvalue weighted by molar-refractivity contribution is 6.03. The molecule has 0 fully saturated rings. The number of nitrogens with one attached hydrogen (secondary N) is 2. The summed E-state index contributed by atoms with van der Waals surface area (Å²) in [7, 11) is 1.82. The molecule has 0 bridgehead atoms. The summed E-state index contributed by atoms with van der Waals surface area (Å²) in [6, 6.07) is 6.29. The number of carbonyl (C=O) groups excluding carboxylic acids is 1. The number of amides is 1. The van der Waals surface area contributed by atoms with E-state index in [0.29, 0.717) is 27.9 Å². The van der Waals surface area contributed by atoms with Crippen molar-refractivity contribution in [1.29, 1.82) is 0 Å². The second kappa shape index (κ2) is 9.23. The zero-order valence-corrected chi connectivity index (χ0v) is 20.9. The van der Waals surface area contributed by atoms with Crippen molar-refractivity contribution < 1.29 is 9.31 Å². The topological polar surface area (TPSA) is 141 Å². The summed E-state index contributed by atoms with van der Waals surface area (Å²) < 4.78 is 4.83. The highest BCUT2D eigenvalue weighted by atomic mass is 16.2. The summed E-state index contributed by atoms with van der Waals surface area (Å²) in [4.78, 5) is 36.0. The molecular formula is C26H26N9O2+. The van der Waals surface area contributed by atoms with E-state index in [9.17, 15) is 9.59 Å². The van der Waals surface area contributed by atoms with Crippen molar-refractivity contribution in [1.82, 2.24) is 34.7 Å². The number of H-pyrrole nitrogens is 1. The third kappa shape index (κ3) is 4.29. The highest BCUT2D eigenvalue weighted by Gasteiger charge is 2.27. The summed E-state index contributed by atoms with van der Waals surface area (Å²) in [6.07, 6.45) is 6.77. The number of aryl methyl sites for hydroxylation is 1. The Morgan fingerprint density at radius 1 is 1.22 bits per heavy atom. The fourth-order valence-electron chi connectivity index (χ4n) is 4.30. The van der Waals surface area contributed by atoms with Crippen molar-refractivity contribution in [2.75, 3.05) is 5.73 Å². The van der Waals surface area contributed by atoms with Gasteiger partial charge in [0, 0.05) is 30.9 Å². The van der Waals surface area contributed by atoms with Gasteiger partial charge in [0.1, 0.15) is 18.2 Å². The van der Waals surface area contributed by atoms with Crippen LogP contribution in [-0.2, 0) is 7.05 Å². The molecular weight excluding hydrogens is 470 g/mol. The summed E-state index contributed by atoms with van der Waals surface area (Å²) >= 11 is 0. The number of nitrogen functional groups attached to an aromatic ring is 1. The SMILES string of the molecule is CC(NC(=O)c1c(N)[nH][n+]2cccnc12)c1nc2cccc(C#Cc3cnn(C)c3)c2c(=O)n1C(C)C. The molecule has 11 nitrogen and oxygen atoms in total. The van der Waals surface area contributed by atoms with Crippen molar-refractivity contribution in [3.05, 3.63) is 81.9 Å². The van der Waals surface area contributed by atoms with Gasteiger partial charge in [-0.25, -0.2) is 10.1 Å². The fraction of sp³-hybridized carbons (Fsp3) is 0.231. The van der Waals surface area contributed by atoms with Crippen LogP contribution in [0.3, 0.4) is 0 Å². The first kappa shape index (κ1) is 23.7. The first-order valence-electron chi connectivity index (χ1n) is 11.7. The van der Waals surface area contributed by atoms with E-state index in [-0.39, 0.29) is 23.0 Å². The monoisotopic (exact) mass is 496 g/mol. The van der Waals surface area contributed by atoms with Crippen LogP contribution in [0.15, 0.2) is 53.8 Å². The number of rotatable bonds is 4. The van der Waals surface area contributed by atoms with Crippen molar-refractivity contribution in [2.45, 2.75) is 32.9 Å². The van der Waals surface area contributed by atoms with E-state index >= 15 is 0 Å². The van der Waals surface area contributed by atoms with Gasteiger partial charge < -0.3 is 11.1 Å². The Hall–Kier alpha value is -4.98. The van der Waals surface area contributed by atoms with E-state index in [2.05, 4.69) is 32.3 Å². The van der Waals surface area contributed by atoms with Gasteiger partial charge in [-0.2, -0.15) is 5.10 Å². The summed E-state index contributed by atoms with van der Waals surface area (Å²) in [6.45, 7) is 5.58. The van der Waals surface area contributed by atoms with E-state index in [1.54, 1.807) is 63.7 Å². The molecule has 0 spiro atoms. The van der Waals surface area contributed by atoms with Gasteiger partial charge in [0.05, 0.1) is 28.7 Å². The van der Waals surface area contributed by atoms with Crippen LogP contribution >= 0.6 is 0 Å². The average molecular weight is 497 g/mol. The molecule has 0 radical (unpaired) electrons. The van der Waals surface area contributed by atoms with Crippen molar-refractivity contribution >= 4 is 28.3 Å². The molecule has 1 aromatic carbocycles. The number of anilines is 1. The minimum Gasteiger partial charge on any atom is -0.382 e. The number of nitrogens with zero attached hydrogens (tertiary/aromatic N) is 6. The predicted molar refractivity (Wildman–Crippen MR) is 138 cm³/mol. The molecule has 186 valence electrons. The standard InChI is InChI=1S/C26H25N9O2/c1-15(2)35-23(16(3)30-25(36)21-22(27)32-34-12-6-11-28-24(21)34)31-19-8-5-7-18(20(19)26(35)37)10-9-17-13-29-33(4)14-17/h5-8,11-16H,1-4H3,(H3,27,30,32,36)/p+1. The van der Waals surface area contributed by atoms with Gasteiger partial charge >= 0.3 is 5.65 Å². The minimum atomic E-state index is -0.602. The van der Waals surface area contributed by atoms with Crippen LogP contribution in [0.5, 0.6) is 0 Å². The van der Waals surface area contributed by atoms with Crippen LogP contribution in [0.1, 0.15) is 60.2 Å². The molecule has 4 N–H and O–H groups in total. The molecule has 1 unspecified atom stereocenters. The van der Waals surface area contributed by atoms with Crippen molar-refractivity contribution in [2.24, 2.45) is 7.05 Å². The summed E-state index contributed by atoms with van der Waals surface area (Å²) in [5.41, 5.74) is 8.28. The summed E-state index contributed by atoms with van der Waals surface area (Å²) in [5.74, 6) is 6.34. The van der Waals surface area contributed by atoms with Crippen LogP contribution in [0, 0.1) is 11.8 Å². The molecule has 5 aromatic rings. The molecule has 4 heterocycles. The molecule has 5 rings (SSSR count). The lowest BCUT2D eigenvalue weighted by molar-refractivity contribution is -0.577. The van der Waals surface area contributed by atoms with Crippen LogP contribution in [0.25, 0.3) is 16.6 Å². The lowest BCUT2D eigenvalue weighted by Gasteiger charge is -2.22. The first-order valence-corrected chi connectivity index (χ1v) is 11.7. The molecule has 11 heteroatoms. The van der Waals surface area contributed by atoms with Gasteiger partial charge in [0.15, 0.2) is 11.4 Å². The maximum absolute atomic E-state index is 13.8. The molecule has 4 aromatic heterocycles. The maximum atomic E-state index is 13.8. The third-order valence-corrected chi connectivity index (χ3v) is 5.96. The quantitative estimate of drug-likeness (QED) is 0.255. The van der Waals surface area contributed by atoms with Crippen LogP contribution in [-0.4, -0.2) is 35.3 Å². The number of nitrogens with two attached hydrogens (primary N) is 1. The van der Waals surface area contributed by atoms with Gasteiger partial charge in [0.25, 0.3) is 11.5 Å². The van der Waals surface area contributed by atoms with Crippen LogP contribution in [0.4, 0.5) is 5.82 Å². The molecule has 37 heavy (non-hydrogen) atoms. The Labute approximate surface area is 212 Å². The molecule has 0 aliphatic carbocycles. The number of aromatic amines is 1. The van der Waals surface area contributed by atoms with Crippen LogP contribution < -0.4 is 21.1 Å². The van der Waals surface area contributed by atoms with Crippen molar-refractivity contribution in [3.8, 4) is 11.8 Å². The number of hydrogen-bond donors (Lipinski definition) is 3. The first-order chi connectivity index (χ1) is 17.7. The lowest BCUT2D eigenvalue weighted by Crippen LogP contribution is -2.35. The second-order valence-electron chi connectivity index (χ2n) is 9.00. The number of carbonyl (C=O) groups is 1. The fourth-order valence-corrected chi connectivity index (χ4v) is 4.30. The molecule has 1 amide bonds. The van der Waals surface area contributed by atoms with Gasteiger partial charge in [-0.1, -0.05) is 17.9 Å². The van der Waals surface area contributed by atoms with E-state index in [4.69, 9.17) is 10.7 Å². The van der Waals surface area contributed by atoms with Crippen molar-refractivity contribution in [3.63, 3.8) is 0 Å². The Morgan fingerprint density at radius 3 is 2.76 bits per heavy atom. The molecule has 0 aliphatic heterocycles. The Bertz CT molecular complexity index is 1780. The van der Waals surface area contributed by atoms with Gasteiger partial charge in [-0.15, -0.1) is 4.52 Å². The van der Waals surface area contributed by atoms with E-state index in [0.717, 1.165) is 5.56 Å². The number of benzene rings is 1. The second-order valence-corrected chi connectivity index (χ2v) is 9.00. The van der Waals surface area contributed by atoms with E-state index < -0.39 is 11.9 Å². The largest absolute Gasteiger partial charge is 0.382 e. The Balaban J connectivity index is 1.57. The number of fused-ring (bicyclic) bond motifs is 2. The summed E-state index contributed by atoms with van der Waals surface area (Å²) in [5, 5.41) is 10.4. The number of hydrogen-bond acceptors (Lipinski definition) is 6. The molecule has 1 atom stereocenters. The lowest BCUT2D eigenvalue weighted by atomic mass is 10.1. The third-order valence-electron chi connectivity index (χ3n) is 5.96. The van der Waals surface area contributed by atoms with Gasteiger partial charge in [-0.3, -0.25) is 18.8 Å². The van der Waals surface area contributed by atoms with Gasteiger partial charge in [-0.05, 0) is 37.9 Å². The predicted octanol–water partition coefficient (Wildman–Crippen LogP) is 1.65. The molecule has 0 aliphatic rings. The zero-order chi connectivity index (χ0) is 26.3. The van der Waals surface area contributed by atoms with Crippen LogP contribution in [0.2, 0.25) is 0 Å². The van der Waals surface area contributed by atoms with E-state index in [1.807, 2.05) is 27.0 Å².